The second-order valence-corrected chi connectivity index (χ2v) is 13.0. The van der Waals surface area contributed by atoms with E-state index < -0.39 is 31.9 Å². The van der Waals surface area contributed by atoms with Gasteiger partial charge in [0.2, 0.25) is 5.91 Å². The first kappa shape index (κ1) is 20.3. The van der Waals surface area contributed by atoms with Gasteiger partial charge in [0.15, 0.2) is 8.32 Å². The predicted octanol–water partition coefficient (Wildman–Crippen LogP) is 4.31. The third-order valence-corrected chi connectivity index (χ3v) is 9.76. The Morgan fingerprint density at radius 2 is 1.96 bits per heavy atom. The van der Waals surface area contributed by atoms with Crippen molar-refractivity contribution in [2.24, 2.45) is 0 Å². The summed E-state index contributed by atoms with van der Waals surface area (Å²) in [5, 5.41) is 5.36. The van der Waals surface area contributed by atoms with Crippen LogP contribution in [-0.4, -0.2) is 32.9 Å². The Morgan fingerprint density at radius 3 is 2.56 bits per heavy atom. The van der Waals surface area contributed by atoms with E-state index in [0.717, 1.165) is 6.07 Å². The third kappa shape index (κ3) is 4.58. The molecule has 1 saturated heterocycles. The van der Waals surface area contributed by atoms with Crippen molar-refractivity contribution < 1.29 is 18.0 Å². The fourth-order valence-corrected chi connectivity index (χ4v) is 3.98. The number of anilines is 1. The van der Waals surface area contributed by atoms with Gasteiger partial charge in [-0.3, -0.25) is 4.79 Å². The normalized spacial score (nSPS) is 21.4. The van der Waals surface area contributed by atoms with Crippen LogP contribution in [0.5, 0.6) is 0 Å². The van der Waals surface area contributed by atoms with Crippen LogP contribution in [0.25, 0.3) is 0 Å². The van der Waals surface area contributed by atoms with Gasteiger partial charge >= 0.3 is 0 Å². The summed E-state index contributed by atoms with van der Waals surface area (Å²) in [6.45, 7) is 11.3. The number of hydrogen-bond donors (Lipinski definition) is 2. The Kier molecular flexibility index (Phi) is 5.93. The molecular formula is C17H25ClF2N2O2Si. The number of amides is 1. The molecule has 25 heavy (non-hydrogen) atoms. The van der Waals surface area contributed by atoms with Crippen molar-refractivity contribution in [1.82, 2.24) is 5.32 Å². The van der Waals surface area contributed by atoms with E-state index in [1.54, 1.807) is 0 Å². The van der Waals surface area contributed by atoms with Gasteiger partial charge in [-0.15, -0.1) is 0 Å². The Hall–Kier alpha value is -1.02. The van der Waals surface area contributed by atoms with Crippen molar-refractivity contribution in [3.63, 3.8) is 0 Å². The first-order chi connectivity index (χ1) is 11.4. The Morgan fingerprint density at radius 1 is 1.32 bits per heavy atom. The van der Waals surface area contributed by atoms with Crippen molar-refractivity contribution in [2.45, 2.75) is 57.5 Å². The summed E-state index contributed by atoms with van der Waals surface area (Å²) < 4.78 is 33.4. The highest BCUT2D eigenvalue weighted by atomic mass is 35.5. The molecule has 2 N–H and O–H groups in total. The van der Waals surface area contributed by atoms with Crippen LogP contribution in [0.1, 0.15) is 27.2 Å². The lowest BCUT2D eigenvalue weighted by molar-refractivity contribution is -0.119. The lowest BCUT2D eigenvalue weighted by atomic mass is 10.1. The van der Waals surface area contributed by atoms with Gasteiger partial charge in [-0.1, -0.05) is 32.4 Å². The molecular weight excluding hydrogens is 366 g/mol. The number of nitrogens with one attached hydrogen (secondary N) is 2. The fourth-order valence-electron chi connectivity index (χ4n) is 2.45. The SMILES string of the molecule is CC(C)(C)[Si](C)(C)O[C@H]1CCN[C@@H]1C(=O)Nc1cc(Cl)c(F)cc1F. The second-order valence-electron chi connectivity index (χ2n) is 7.87. The minimum Gasteiger partial charge on any atom is -0.412 e. The number of carbonyl (C=O) groups excluding carboxylic acids is 1. The van der Waals surface area contributed by atoms with E-state index in [4.69, 9.17) is 16.0 Å². The molecule has 4 nitrogen and oxygen atoms in total. The highest BCUT2D eigenvalue weighted by Gasteiger charge is 2.43. The van der Waals surface area contributed by atoms with Crippen LogP contribution in [0.4, 0.5) is 14.5 Å². The predicted molar refractivity (Wildman–Crippen MR) is 98.5 cm³/mol. The zero-order valence-corrected chi connectivity index (χ0v) is 16.9. The van der Waals surface area contributed by atoms with Crippen LogP contribution in [0.15, 0.2) is 12.1 Å². The highest BCUT2D eigenvalue weighted by molar-refractivity contribution is 6.74. The van der Waals surface area contributed by atoms with E-state index >= 15 is 0 Å². The number of hydrogen-bond acceptors (Lipinski definition) is 3. The van der Waals surface area contributed by atoms with Crippen molar-refractivity contribution in [3.05, 3.63) is 28.8 Å². The maximum Gasteiger partial charge on any atom is 0.244 e. The zero-order chi connectivity index (χ0) is 19.0. The smallest absolute Gasteiger partial charge is 0.244 e. The molecule has 140 valence electrons. The van der Waals surface area contributed by atoms with E-state index in [1.165, 1.54) is 0 Å². The molecule has 0 radical (unpaired) electrons. The number of rotatable bonds is 4. The van der Waals surface area contributed by atoms with Crippen LogP contribution < -0.4 is 10.6 Å². The lowest BCUT2D eigenvalue weighted by Crippen LogP contribution is -2.50. The quantitative estimate of drug-likeness (QED) is 0.595. The monoisotopic (exact) mass is 390 g/mol. The summed E-state index contributed by atoms with van der Waals surface area (Å²) in [7, 11) is -2.04. The van der Waals surface area contributed by atoms with E-state index in [0.29, 0.717) is 19.0 Å². The molecule has 1 aliphatic heterocycles. The Labute approximate surface area is 153 Å². The van der Waals surface area contributed by atoms with Crippen molar-refractivity contribution in [2.75, 3.05) is 11.9 Å². The maximum absolute atomic E-state index is 13.8. The molecule has 1 aromatic carbocycles. The summed E-state index contributed by atoms with van der Waals surface area (Å²) in [6.07, 6.45) is 0.428. The molecule has 0 spiro atoms. The summed E-state index contributed by atoms with van der Waals surface area (Å²) in [6, 6.07) is 1.14. The van der Waals surface area contributed by atoms with Crippen molar-refractivity contribution in [1.29, 1.82) is 0 Å². The van der Waals surface area contributed by atoms with E-state index in [9.17, 15) is 13.6 Å². The lowest BCUT2D eigenvalue weighted by Gasteiger charge is -2.39. The molecule has 1 heterocycles. The van der Waals surface area contributed by atoms with Crippen LogP contribution >= 0.6 is 11.6 Å². The topological polar surface area (TPSA) is 50.4 Å². The third-order valence-electron chi connectivity index (χ3n) is 4.97. The molecule has 0 saturated carbocycles. The first-order valence-corrected chi connectivity index (χ1v) is 11.6. The van der Waals surface area contributed by atoms with Gasteiger partial charge in [-0.05, 0) is 37.2 Å². The summed E-state index contributed by atoms with van der Waals surface area (Å²) in [5.41, 5.74) is -0.142. The summed E-state index contributed by atoms with van der Waals surface area (Å²) in [4.78, 5) is 12.6. The second kappa shape index (κ2) is 7.30. The molecule has 1 amide bonds. The van der Waals surface area contributed by atoms with E-state index in [1.807, 2.05) is 0 Å². The molecule has 1 aromatic rings. The summed E-state index contributed by atoms with van der Waals surface area (Å²) >= 11 is 5.67. The zero-order valence-electron chi connectivity index (χ0n) is 15.2. The minimum atomic E-state index is -2.04. The Bertz CT molecular complexity index is 665. The van der Waals surface area contributed by atoms with Gasteiger partial charge in [-0.25, -0.2) is 8.78 Å². The summed E-state index contributed by atoms with van der Waals surface area (Å²) in [5.74, 6) is -2.15. The molecule has 0 aromatic heterocycles. The molecule has 0 unspecified atom stereocenters. The molecule has 1 aliphatic rings. The molecule has 8 heteroatoms. The molecule has 2 atom stereocenters. The van der Waals surface area contributed by atoms with Crippen LogP contribution in [0, 0.1) is 11.6 Å². The van der Waals surface area contributed by atoms with Crippen LogP contribution in [0.2, 0.25) is 23.2 Å². The molecule has 0 aliphatic carbocycles. The van der Waals surface area contributed by atoms with Gasteiger partial charge in [0.1, 0.15) is 17.7 Å². The van der Waals surface area contributed by atoms with Gasteiger partial charge in [0.25, 0.3) is 0 Å². The van der Waals surface area contributed by atoms with Crippen molar-refractivity contribution >= 4 is 31.5 Å². The van der Waals surface area contributed by atoms with Crippen LogP contribution in [-0.2, 0) is 9.22 Å². The van der Waals surface area contributed by atoms with E-state index in [-0.39, 0.29) is 21.9 Å². The van der Waals surface area contributed by atoms with Gasteiger partial charge in [-0.2, -0.15) is 0 Å². The Balaban J connectivity index is 2.12. The van der Waals surface area contributed by atoms with Gasteiger partial charge in [0, 0.05) is 6.07 Å². The minimum absolute atomic E-state index is 0.0210. The standard InChI is InChI=1S/C17H25ClF2N2O2Si/c1-17(2,3)25(4,5)24-14-6-7-21-15(14)16(23)22-13-8-10(18)11(19)9-12(13)20/h8-9,14-15,21H,6-7H2,1-5H3,(H,22,23)/t14-,15-/m0/s1. The van der Waals surface area contributed by atoms with Crippen molar-refractivity contribution in [3.8, 4) is 0 Å². The highest BCUT2D eigenvalue weighted by Crippen LogP contribution is 2.38. The largest absolute Gasteiger partial charge is 0.412 e. The number of halogens is 3. The van der Waals surface area contributed by atoms with Gasteiger partial charge < -0.3 is 15.1 Å². The number of carbonyl (C=O) groups is 1. The van der Waals surface area contributed by atoms with E-state index in [2.05, 4.69) is 44.5 Å². The van der Waals surface area contributed by atoms with Crippen LogP contribution in [0.3, 0.4) is 0 Å². The number of benzene rings is 1. The average molecular weight is 391 g/mol. The fraction of sp³-hybridized carbons (Fsp3) is 0.588. The first-order valence-electron chi connectivity index (χ1n) is 8.29. The molecule has 2 rings (SSSR count). The van der Waals surface area contributed by atoms with Gasteiger partial charge in [0.05, 0.1) is 16.8 Å². The molecule has 1 fully saturated rings. The maximum atomic E-state index is 13.8. The molecule has 0 bridgehead atoms. The average Bonchev–Trinajstić information content (AvgIpc) is 2.91.